The van der Waals surface area contributed by atoms with Crippen LogP contribution in [0.1, 0.15) is 25.1 Å². The van der Waals surface area contributed by atoms with E-state index in [4.69, 9.17) is 4.74 Å². The molecule has 1 aliphatic heterocycles. The predicted molar refractivity (Wildman–Crippen MR) is 91.2 cm³/mol. The molecule has 24 heavy (non-hydrogen) atoms. The molecule has 1 amide bonds. The third-order valence-electron chi connectivity index (χ3n) is 3.87. The van der Waals surface area contributed by atoms with Crippen LogP contribution in [0, 0.1) is 0 Å². The number of carbonyl (C=O) groups excluding carboxylic acids is 1. The maximum absolute atomic E-state index is 12.3. The Morgan fingerprint density at radius 1 is 1.25 bits per heavy atom. The fraction of sp³-hybridized carbons (Fsp3) is 0.389. The molecule has 3 rings (SSSR count). The monoisotopic (exact) mass is 326 g/mol. The van der Waals surface area contributed by atoms with Gasteiger partial charge in [0.2, 0.25) is 5.91 Å². The molecule has 0 saturated carbocycles. The Hall–Kier alpha value is -2.47. The van der Waals surface area contributed by atoms with E-state index in [1.807, 2.05) is 55.3 Å². The summed E-state index contributed by atoms with van der Waals surface area (Å²) in [4.78, 5) is 14.1. The molecule has 1 aromatic heterocycles. The molecule has 1 saturated heterocycles. The molecule has 1 fully saturated rings. The zero-order chi connectivity index (χ0) is 16.9. The molecule has 0 bridgehead atoms. The van der Waals surface area contributed by atoms with Gasteiger partial charge in [-0.3, -0.25) is 4.79 Å². The summed E-state index contributed by atoms with van der Waals surface area (Å²) in [7, 11) is 0. The van der Waals surface area contributed by atoms with Crippen LogP contribution in [0.15, 0.2) is 42.6 Å². The molecule has 1 aromatic carbocycles. The Morgan fingerprint density at radius 3 is 2.67 bits per heavy atom. The van der Waals surface area contributed by atoms with Crippen LogP contribution in [0.4, 0.5) is 0 Å². The molecule has 2 unspecified atom stereocenters. The molecule has 0 spiro atoms. The highest BCUT2D eigenvalue weighted by Gasteiger charge is 2.24. The number of hydrogen-bond donors (Lipinski definition) is 0. The minimum atomic E-state index is -0.0189. The summed E-state index contributed by atoms with van der Waals surface area (Å²) in [6.45, 7) is 5.86. The van der Waals surface area contributed by atoms with Crippen LogP contribution < -0.4 is 0 Å². The van der Waals surface area contributed by atoms with Gasteiger partial charge in [0, 0.05) is 19.2 Å². The second-order valence-corrected chi connectivity index (χ2v) is 6.16. The van der Waals surface area contributed by atoms with Crippen LogP contribution in [0.2, 0.25) is 0 Å². The number of ether oxygens (including phenoxy) is 1. The Kier molecular flexibility index (Phi) is 5.05. The van der Waals surface area contributed by atoms with Gasteiger partial charge in [-0.25, -0.2) is 4.68 Å². The number of rotatable bonds is 4. The molecule has 0 radical (unpaired) electrons. The summed E-state index contributed by atoms with van der Waals surface area (Å²) in [5.41, 5.74) is 1.83. The van der Waals surface area contributed by atoms with Gasteiger partial charge in [-0.2, -0.15) is 0 Å². The van der Waals surface area contributed by atoms with Crippen molar-refractivity contribution < 1.29 is 9.53 Å². The lowest BCUT2D eigenvalue weighted by Gasteiger charge is -2.34. The minimum Gasteiger partial charge on any atom is -0.372 e. The fourth-order valence-electron chi connectivity index (χ4n) is 2.86. The molecule has 6 heteroatoms. The van der Waals surface area contributed by atoms with Gasteiger partial charge in [-0.1, -0.05) is 35.5 Å². The van der Waals surface area contributed by atoms with Crippen molar-refractivity contribution in [2.24, 2.45) is 0 Å². The fourth-order valence-corrected chi connectivity index (χ4v) is 2.86. The Balaban J connectivity index is 1.59. The van der Waals surface area contributed by atoms with Crippen LogP contribution in [0.3, 0.4) is 0 Å². The standard InChI is InChI=1S/C18H22N4O2/c1-14-10-21(11-15(2)24-14)18(23)9-8-17-13-22(20-19-17)12-16-6-4-3-5-7-16/h3-9,13-15H,10-12H2,1-2H3/b9-8+. The van der Waals surface area contributed by atoms with Gasteiger partial charge in [0.25, 0.3) is 0 Å². The Morgan fingerprint density at radius 2 is 1.96 bits per heavy atom. The van der Waals surface area contributed by atoms with Gasteiger partial charge in [-0.15, -0.1) is 5.10 Å². The molecule has 0 aliphatic carbocycles. The van der Waals surface area contributed by atoms with Gasteiger partial charge in [0.15, 0.2) is 0 Å². The van der Waals surface area contributed by atoms with Crippen LogP contribution >= 0.6 is 0 Å². The van der Waals surface area contributed by atoms with Crippen molar-refractivity contribution >= 4 is 12.0 Å². The van der Waals surface area contributed by atoms with Gasteiger partial charge < -0.3 is 9.64 Å². The summed E-state index contributed by atoms with van der Waals surface area (Å²) < 4.78 is 7.41. The van der Waals surface area contributed by atoms with E-state index in [0.29, 0.717) is 25.3 Å². The van der Waals surface area contributed by atoms with E-state index in [2.05, 4.69) is 10.3 Å². The number of nitrogens with zero attached hydrogens (tertiary/aromatic N) is 4. The van der Waals surface area contributed by atoms with Crippen molar-refractivity contribution in [3.63, 3.8) is 0 Å². The summed E-state index contributed by atoms with van der Waals surface area (Å²) in [5.74, 6) is -0.0189. The van der Waals surface area contributed by atoms with Gasteiger partial charge >= 0.3 is 0 Å². The van der Waals surface area contributed by atoms with E-state index in [-0.39, 0.29) is 18.1 Å². The molecular formula is C18H22N4O2. The van der Waals surface area contributed by atoms with E-state index >= 15 is 0 Å². The van der Waals surface area contributed by atoms with Crippen molar-refractivity contribution in [1.29, 1.82) is 0 Å². The van der Waals surface area contributed by atoms with Crippen molar-refractivity contribution in [2.75, 3.05) is 13.1 Å². The number of carbonyl (C=O) groups is 1. The lowest BCUT2D eigenvalue weighted by Crippen LogP contribution is -2.47. The van der Waals surface area contributed by atoms with E-state index in [1.54, 1.807) is 16.8 Å². The average Bonchev–Trinajstić information content (AvgIpc) is 3.00. The quantitative estimate of drug-likeness (QED) is 0.806. The van der Waals surface area contributed by atoms with E-state index in [1.165, 1.54) is 0 Å². The van der Waals surface area contributed by atoms with E-state index in [0.717, 1.165) is 5.56 Å². The molecule has 2 atom stereocenters. The maximum Gasteiger partial charge on any atom is 0.246 e. The zero-order valence-corrected chi connectivity index (χ0v) is 14.0. The SMILES string of the molecule is CC1CN(C(=O)/C=C/c2cn(Cc3ccccc3)nn2)CC(C)O1. The van der Waals surface area contributed by atoms with Crippen molar-refractivity contribution in [3.05, 3.63) is 53.9 Å². The topological polar surface area (TPSA) is 60.2 Å². The highest BCUT2D eigenvalue weighted by molar-refractivity contribution is 5.91. The summed E-state index contributed by atoms with van der Waals surface area (Å²) >= 11 is 0. The smallest absolute Gasteiger partial charge is 0.246 e. The van der Waals surface area contributed by atoms with Crippen LogP contribution in [0.5, 0.6) is 0 Å². The van der Waals surface area contributed by atoms with Crippen LogP contribution in [-0.4, -0.2) is 51.1 Å². The predicted octanol–water partition coefficient (Wildman–Crippen LogP) is 1.98. The summed E-state index contributed by atoms with van der Waals surface area (Å²) in [6, 6.07) is 10.1. The zero-order valence-electron chi connectivity index (χ0n) is 14.0. The van der Waals surface area contributed by atoms with E-state index < -0.39 is 0 Å². The lowest BCUT2D eigenvalue weighted by molar-refractivity contribution is -0.137. The second-order valence-electron chi connectivity index (χ2n) is 6.16. The molecule has 2 aromatic rings. The maximum atomic E-state index is 12.3. The first-order chi connectivity index (χ1) is 11.6. The summed E-state index contributed by atoms with van der Waals surface area (Å²) in [6.07, 6.45) is 5.24. The summed E-state index contributed by atoms with van der Waals surface area (Å²) in [5, 5.41) is 8.19. The lowest BCUT2D eigenvalue weighted by atomic mass is 10.2. The van der Waals surface area contributed by atoms with Crippen LogP contribution in [-0.2, 0) is 16.1 Å². The number of hydrogen-bond acceptors (Lipinski definition) is 4. The van der Waals surface area contributed by atoms with Crippen molar-refractivity contribution in [2.45, 2.75) is 32.6 Å². The number of aromatic nitrogens is 3. The Labute approximate surface area is 141 Å². The molecule has 6 nitrogen and oxygen atoms in total. The van der Waals surface area contributed by atoms with Crippen LogP contribution in [0.25, 0.3) is 6.08 Å². The molecular weight excluding hydrogens is 304 g/mol. The highest BCUT2D eigenvalue weighted by atomic mass is 16.5. The third-order valence-corrected chi connectivity index (χ3v) is 3.87. The first-order valence-corrected chi connectivity index (χ1v) is 8.16. The number of amides is 1. The third kappa shape index (κ3) is 4.29. The van der Waals surface area contributed by atoms with Gasteiger partial charge in [0.1, 0.15) is 5.69 Å². The average molecular weight is 326 g/mol. The molecule has 1 aliphatic rings. The van der Waals surface area contributed by atoms with Crippen molar-refractivity contribution in [3.8, 4) is 0 Å². The van der Waals surface area contributed by atoms with Gasteiger partial charge in [-0.05, 0) is 25.5 Å². The normalized spacial score (nSPS) is 21.3. The van der Waals surface area contributed by atoms with E-state index in [9.17, 15) is 4.79 Å². The minimum absolute atomic E-state index is 0.0189. The molecule has 126 valence electrons. The highest BCUT2D eigenvalue weighted by Crippen LogP contribution is 2.11. The Bertz CT molecular complexity index is 701. The van der Waals surface area contributed by atoms with Crippen molar-refractivity contribution in [1.82, 2.24) is 19.9 Å². The van der Waals surface area contributed by atoms with Gasteiger partial charge in [0.05, 0.1) is 24.9 Å². The first-order valence-electron chi connectivity index (χ1n) is 8.16. The number of benzene rings is 1. The largest absolute Gasteiger partial charge is 0.372 e. The molecule has 0 N–H and O–H groups in total. The molecule has 2 heterocycles. The second kappa shape index (κ2) is 7.40. The number of morpholine rings is 1. The first kappa shape index (κ1) is 16.4.